The van der Waals surface area contributed by atoms with Crippen molar-refractivity contribution in [2.24, 2.45) is 5.92 Å². The molecular formula is C19H23N3O3S. The first-order valence-corrected chi connectivity index (χ1v) is 10.1. The Hall–Kier alpha value is -2.38. The number of carbonyl (C=O) groups is 1. The van der Waals surface area contributed by atoms with Gasteiger partial charge in [0.2, 0.25) is 5.91 Å². The smallest absolute Gasteiger partial charge is 0.261 e. The van der Waals surface area contributed by atoms with Gasteiger partial charge in [0, 0.05) is 12.0 Å². The summed E-state index contributed by atoms with van der Waals surface area (Å²) in [5.74, 6) is -0.158. The van der Waals surface area contributed by atoms with Crippen molar-refractivity contribution in [2.75, 3.05) is 16.6 Å². The molecule has 7 heteroatoms. The second-order valence-electron chi connectivity index (χ2n) is 6.53. The monoisotopic (exact) mass is 373 g/mol. The third-order valence-electron chi connectivity index (χ3n) is 4.48. The minimum Gasteiger partial charge on any atom is -0.324 e. The maximum Gasteiger partial charge on any atom is 0.261 e. The Morgan fingerprint density at radius 1 is 1.04 bits per heavy atom. The Kier molecular flexibility index (Phi) is 5.58. The van der Waals surface area contributed by atoms with E-state index in [1.54, 1.807) is 42.5 Å². The summed E-state index contributed by atoms with van der Waals surface area (Å²) in [6.45, 7) is 2.86. The van der Waals surface area contributed by atoms with Gasteiger partial charge in [-0.1, -0.05) is 30.3 Å². The largest absolute Gasteiger partial charge is 0.324 e. The molecule has 1 saturated heterocycles. The predicted octanol–water partition coefficient (Wildman–Crippen LogP) is 2.81. The predicted molar refractivity (Wildman–Crippen MR) is 103 cm³/mol. The van der Waals surface area contributed by atoms with Crippen molar-refractivity contribution in [1.29, 1.82) is 0 Å². The van der Waals surface area contributed by atoms with Crippen LogP contribution in [0.5, 0.6) is 0 Å². The van der Waals surface area contributed by atoms with E-state index in [1.807, 2.05) is 0 Å². The summed E-state index contributed by atoms with van der Waals surface area (Å²) in [7, 11) is -3.72. The molecule has 2 aromatic carbocycles. The molecule has 3 rings (SSSR count). The number of rotatable bonds is 5. The first-order valence-electron chi connectivity index (χ1n) is 8.67. The number of piperidine rings is 1. The Balaban J connectivity index is 1.77. The minimum absolute atomic E-state index is 0.0787. The van der Waals surface area contributed by atoms with E-state index in [0.29, 0.717) is 17.4 Å². The molecule has 26 heavy (non-hydrogen) atoms. The molecule has 1 aliphatic rings. The third kappa shape index (κ3) is 4.42. The number of para-hydroxylation sites is 2. The van der Waals surface area contributed by atoms with E-state index < -0.39 is 10.0 Å². The fraction of sp³-hybridized carbons (Fsp3) is 0.316. The maximum atomic E-state index is 12.6. The van der Waals surface area contributed by atoms with Gasteiger partial charge in [-0.2, -0.15) is 0 Å². The molecule has 1 amide bonds. The lowest BCUT2D eigenvalue weighted by Gasteiger charge is -2.27. The number of sulfonamides is 1. The molecule has 138 valence electrons. The van der Waals surface area contributed by atoms with Gasteiger partial charge in [-0.25, -0.2) is 8.42 Å². The zero-order chi connectivity index (χ0) is 18.6. The molecule has 1 fully saturated rings. The van der Waals surface area contributed by atoms with Crippen LogP contribution < -0.4 is 15.4 Å². The second-order valence-corrected chi connectivity index (χ2v) is 8.21. The van der Waals surface area contributed by atoms with E-state index in [2.05, 4.69) is 22.3 Å². The number of nitrogens with one attached hydrogen (secondary N) is 3. The number of hydrogen-bond acceptors (Lipinski definition) is 4. The van der Waals surface area contributed by atoms with Crippen LogP contribution in [0.25, 0.3) is 0 Å². The van der Waals surface area contributed by atoms with Crippen molar-refractivity contribution in [3.05, 3.63) is 54.6 Å². The molecule has 1 heterocycles. The zero-order valence-electron chi connectivity index (χ0n) is 14.6. The van der Waals surface area contributed by atoms with Crippen molar-refractivity contribution >= 4 is 27.3 Å². The quantitative estimate of drug-likeness (QED) is 0.752. The van der Waals surface area contributed by atoms with E-state index in [1.165, 1.54) is 12.1 Å². The Morgan fingerprint density at radius 3 is 2.38 bits per heavy atom. The Labute approximate surface area is 154 Å². The van der Waals surface area contributed by atoms with Crippen LogP contribution in [0.15, 0.2) is 59.5 Å². The third-order valence-corrected chi connectivity index (χ3v) is 5.86. The van der Waals surface area contributed by atoms with E-state index in [9.17, 15) is 13.2 Å². The van der Waals surface area contributed by atoms with Crippen LogP contribution in [0.3, 0.4) is 0 Å². The van der Waals surface area contributed by atoms with Gasteiger partial charge in [-0.05, 0) is 50.6 Å². The number of carbonyl (C=O) groups excluding carboxylic acids is 1. The highest BCUT2D eigenvalue weighted by Gasteiger charge is 2.25. The zero-order valence-corrected chi connectivity index (χ0v) is 15.4. The lowest BCUT2D eigenvalue weighted by molar-refractivity contribution is -0.120. The van der Waals surface area contributed by atoms with Crippen molar-refractivity contribution in [1.82, 2.24) is 5.32 Å². The summed E-state index contributed by atoms with van der Waals surface area (Å²) < 4.78 is 27.7. The Morgan fingerprint density at radius 2 is 1.69 bits per heavy atom. The fourth-order valence-electron chi connectivity index (χ4n) is 3.09. The average Bonchev–Trinajstić information content (AvgIpc) is 2.64. The molecule has 0 radical (unpaired) electrons. The lowest BCUT2D eigenvalue weighted by atomic mass is 9.92. The lowest BCUT2D eigenvalue weighted by Crippen LogP contribution is -2.40. The number of anilines is 2. The highest BCUT2D eigenvalue weighted by molar-refractivity contribution is 7.92. The van der Waals surface area contributed by atoms with Gasteiger partial charge in [0.1, 0.15) is 0 Å². The van der Waals surface area contributed by atoms with Crippen LogP contribution in [-0.2, 0) is 14.8 Å². The van der Waals surface area contributed by atoms with Gasteiger partial charge >= 0.3 is 0 Å². The molecule has 0 unspecified atom stereocenters. The highest BCUT2D eigenvalue weighted by atomic mass is 32.2. The molecule has 0 bridgehead atoms. The van der Waals surface area contributed by atoms with Crippen molar-refractivity contribution in [3.8, 4) is 0 Å². The van der Waals surface area contributed by atoms with Crippen LogP contribution in [0.1, 0.15) is 19.8 Å². The van der Waals surface area contributed by atoms with Crippen LogP contribution in [0, 0.1) is 5.92 Å². The van der Waals surface area contributed by atoms with Crippen molar-refractivity contribution in [3.63, 3.8) is 0 Å². The second kappa shape index (κ2) is 7.88. The molecule has 0 aromatic heterocycles. The first-order chi connectivity index (χ1) is 12.5. The molecule has 6 nitrogen and oxygen atoms in total. The number of hydrogen-bond donors (Lipinski definition) is 3. The standard InChI is InChI=1S/C19H23N3O3S/c1-14-13-15(11-12-20-14)19(23)21-17-9-5-6-10-18(17)22-26(24,25)16-7-3-2-4-8-16/h2-10,14-15,20,22H,11-13H2,1H3,(H,21,23)/t14-,15-/m0/s1. The summed E-state index contributed by atoms with van der Waals surface area (Å²) in [6, 6.07) is 15.3. The van der Waals surface area contributed by atoms with Gasteiger partial charge < -0.3 is 10.6 Å². The summed E-state index contributed by atoms with van der Waals surface area (Å²) in [5, 5.41) is 6.20. The average molecular weight is 373 g/mol. The van der Waals surface area contributed by atoms with Gasteiger partial charge in [-0.15, -0.1) is 0 Å². The molecule has 0 saturated carbocycles. The maximum absolute atomic E-state index is 12.6. The normalized spacial score (nSPS) is 20.3. The van der Waals surface area contributed by atoms with Crippen LogP contribution in [0.2, 0.25) is 0 Å². The summed E-state index contributed by atoms with van der Waals surface area (Å²) in [4.78, 5) is 12.8. The number of benzene rings is 2. The molecule has 0 aliphatic carbocycles. The summed E-state index contributed by atoms with van der Waals surface area (Å²) in [5.41, 5.74) is 0.815. The SMILES string of the molecule is C[C@H]1C[C@@H](C(=O)Nc2ccccc2NS(=O)(=O)c2ccccc2)CCN1. The fourth-order valence-corrected chi connectivity index (χ4v) is 4.19. The molecule has 2 atom stereocenters. The van der Waals surface area contributed by atoms with E-state index in [4.69, 9.17) is 0 Å². The van der Waals surface area contributed by atoms with E-state index >= 15 is 0 Å². The molecule has 1 aliphatic heterocycles. The summed E-state index contributed by atoms with van der Waals surface area (Å²) in [6.07, 6.45) is 1.54. The molecule has 3 N–H and O–H groups in total. The number of amides is 1. The first kappa shape index (κ1) is 18.4. The van der Waals surface area contributed by atoms with Crippen molar-refractivity contribution in [2.45, 2.75) is 30.7 Å². The van der Waals surface area contributed by atoms with Gasteiger partial charge in [-0.3, -0.25) is 9.52 Å². The van der Waals surface area contributed by atoms with Crippen LogP contribution in [0.4, 0.5) is 11.4 Å². The molecular weight excluding hydrogens is 350 g/mol. The van der Waals surface area contributed by atoms with Gasteiger partial charge in [0.25, 0.3) is 10.0 Å². The Bertz CT molecular complexity index is 869. The molecule has 2 aromatic rings. The summed E-state index contributed by atoms with van der Waals surface area (Å²) >= 11 is 0. The van der Waals surface area contributed by atoms with E-state index in [0.717, 1.165) is 19.4 Å². The van der Waals surface area contributed by atoms with Gasteiger partial charge in [0.15, 0.2) is 0 Å². The van der Waals surface area contributed by atoms with E-state index in [-0.39, 0.29) is 16.7 Å². The highest BCUT2D eigenvalue weighted by Crippen LogP contribution is 2.26. The van der Waals surface area contributed by atoms with Crippen LogP contribution >= 0.6 is 0 Å². The van der Waals surface area contributed by atoms with Crippen molar-refractivity contribution < 1.29 is 13.2 Å². The molecule has 0 spiro atoms. The van der Waals surface area contributed by atoms with Crippen LogP contribution in [-0.4, -0.2) is 26.9 Å². The topological polar surface area (TPSA) is 87.3 Å². The minimum atomic E-state index is -3.72. The van der Waals surface area contributed by atoms with Gasteiger partial charge in [0.05, 0.1) is 16.3 Å².